The lowest BCUT2D eigenvalue weighted by Gasteiger charge is -2.09. The molecule has 0 unspecified atom stereocenters. The molecule has 3 aromatic heterocycles. The van der Waals surface area contributed by atoms with Gasteiger partial charge in [-0.1, -0.05) is 5.16 Å². The van der Waals surface area contributed by atoms with E-state index < -0.39 is 0 Å². The van der Waals surface area contributed by atoms with Gasteiger partial charge in [-0.05, 0) is 45.6 Å². The third-order valence-electron chi connectivity index (χ3n) is 5.78. The molecule has 1 N–H and O–H groups in total. The maximum Gasteiger partial charge on any atom is 0.259 e. The largest absolute Gasteiger partial charge is 0.348 e. The van der Waals surface area contributed by atoms with Crippen LogP contribution < -0.4 is 5.32 Å². The van der Waals surface area contributed by atoms with E-state index in [9.17, 15) is 4.79 Å². The molecule has 2 aliphatic carbocycles. The SMILES string of the molecule is Cc1nn(C)c(C)c1CNC(=O)c1cc(C2CC2)nc2onc(C3CC3)c12. The number of carbonyl (C=O) groups is 1. The van der Waals surface area contributed by atoms with Crippen LogP contribution in [0.25, 0.3) is 11.1 Å². The van der Waals surface area contributed by atoms with Gasteiger partial charge in [-0.15, -0.1) is 0 Å². The van der Waals surface area contributed by atoms with Crippen LogP contribution in [0.2, 0.25) is 0 Å². The molecule has 5 rings (SSSR count). The molecule has 2 fully saturated rings. The molecule has 0 aromatic carbocycles. The minimum absolute atomic E-state index is 0.1000. The highest BCUT2D eigenvalue weighted by Crippen LogP contribution is 2.45. The molecular weight excluding hydrogens is 342 g/mol. The van der Waals surface area contributed by atoms with Crippen LogP contribution in [0, 0.1) is 13.8 Å². The summed E-state index contributed by atoms with van der Waals surface area (Å²) in [6.45, 7) is 4.44. The summed E-state index contributed by atoms with van der Waals surface area (Å²) in [4.78, 5) is 17.8. The quantitative estimate of drug-likeness (QED) is 0.750. The summed E-state index contributed by atoms with van der Waals surface area (Å²) < 4.78 is 7.35. The normalized spacial score (nSPS) is 16.9. The van der Waals surface area contributed by atoms with E-state index in [4.69, 9.17) is 4.52 Å². The average molecular weight is 365 g/mol. The number of nitrogens with zero attached hydrogens (tertiary/aromatic N) is 4. The van der Waals surface area contributed by atoms with Crippen LogP contribution in [-0.4, -0.2) is 25.8 Å². The van der Waals surface area contributed by atoms with Gasteiger partial charge in [-0.25, -0.2) is 4.98 Å². The predicted molar refractivity (Wildman–Crippen MR) is 99.6 cm³/mol. The molecule has 1 amide bonds. The Kier molecular flexibility index (Phi) is 3.60. The van der Waals surface area contributed by atoms with E-state index in [2.05, 4.69) is 20.6 Å². The number of fused-ring (bicyclic) bond motifs is 1. The molecule has 0 radical (unpaired) electrons. The predicted octanol–water partition coefficient (Wildman–Crippen LogP) is 3.26. The monoisotopic (exact) mass is 365 g/mol. The topological polar surface area (TPSA) is 85.8 Å². The second kappa shape index (κ2) is 5.90. The minimum atomic E-state index is -0.1000. The van der Waals surface area contributed by atoms with Gasteiger partial charge < -0.3 is 9.84 Å². The summed E-state index contributed by atoms with van der Waals surface area (Å²) in [5.74, 6) is 0.740. The molecular formula is C20H23N5O2. The van der Waals surface area contributed by atoms with E-state index in [-0.39, 0.29) is 5.91 Å². The zero-order valence-electron chi connectivity index (χ0n) is 15.9. The van der Waals surface area contributed by atoms with Crippen LogP contribution in [0.5, 0.6) is 0 Å². The van der Waals surface area contributed by atoms with Crippen molar-refractivity contribution in [3.8, 4) is 0 Å². The lowest BCUT2D eigenvalue weighted by atomic mass is 10.0. The van der Waals surface area contributed by atoms with E-state index in [1.165, 1.54) is 0 Å². The van der Waals surface area contributed by atoms with Crippen LogP contribution in [0.1, 0.15) is 76.2 Å². The lowest BCUT2D eigenvalue weighted by Crippen LogP contribution is -2.24. The van der Waals surface area contributed by atoms with E-state index in [1.54, 1.807) is 0 Å². The zero-order chi connectivity index (χ0) is 18.7. The Morgan fingerprint density at radius 3 is 2.63 bits per heavy atom. The number of aromatic nitrogens is 4. The summed E-state index contributed by atoms with van der Waals surface area (Å²) >= 11 is 0. The Hall–Kier alpha value is -2.70. The first kappa shape index (κ1) is 16.5. The molecule has 3 heterocycles. The number of rotatable bonds is 5. The van der Waals surface area contributed by atoms with Gasteiger partial charge in [0.05, 0.1) is 22.3 Å². The molecule has 0 bridgehead atoms. The van der Waals surface area contributed by atoms with Gasteiger partial charge in [0.25, 0.3) is 11.6 Å². The second-order valence-electron chi connectivity index (χ2n) is 7.85. The first-order chi connectivity index (χ1) is 13.0. The number of nitrogens with one attached hydrogen (secondary N) is 1. The third kappa shape index (κ3) is 2.81. The number of amides is 1. The summed E-state index contributed by atoms with van der Waals surface area (Å²) in [5, 5.41) is 12.5. The van der Waals surface area contributed by atoms with Crippen molar-refractivity contribution < 1.29 is 9.32 Å². The van der Waals surface area contributed by atoms with Crippen molar-refractivity contribution in [2.75, 3.05) is 0 Å². The van der Waals surface area contributed by atoms with Gasteiger partial charge in [-0.3, -0.25) is 9.48 Å². The first-order valence-corrected chi connectivity index (χ1v) is 9.60. The number of hydrogen-bond acceptors (Lipinski definition) is 5. The van der Waals surface area contributed by atoms with Crippen molar-refractivity contribution in [1.82, 2.24) is 25.2 Å². The standard InChI is InChI=1S/C20H23N5O2/c1-10-15(11(2)25(3)23-10)9-21-19(26)14-8-16(12-4-5-12)22-20-17(14)18(24-27-20)13-6-7-13/h8,12-13H,4-7,9H2,1-3H3,(H,21,26). The molecule has 7 heteroatoms. The summed E-state index contributed by atoms with van der Waals surface area (Å²) in [6, 6.07) is 1.95. The smallest absolute Gasteiger partial charge is 0.259 e. The molecule has 7 nitrogen and oxygen atoms in total. The summed E-state index contributed by atoms with van der Waals surface area (Å²) in [5.41, 5.74) is 6.04. The maximum atomic E-state index is 13.1. The van der Waals surface area contributed by atoms with Crippen molar-refractivity contribution in [2.24, 2.45) is 7.05 Å². The molecule has 0 aliphatic heterocycles. The van der Waals surface area contributed by atoms with Crippen LogP contribution in [0.4, 0.5) is 0 Å². The van der Waals surface area contributed by atoms with Crippen LogP contribution >= 0.6 is 0 Å². The maximum absolute atomic E-state index is 13.1. The first-order valence-electron chi connectivity index (χ1n) is 9.60. The van der Waals surface area contributed by atoms with Crippen LogP contribution in [-0.2, 0) is 13.6 Å². The molecule has 0 saturated heterocycles. The van der Waals surface area contributed by atoms with Gasteiger partial charge in [0.1, 0.15) is 0 Å². The molecule has 2 saturated carbocycles. The van der Waals surface area contributed by atoms with Crippen molar-refractivity contribution >= 4 is 17.0 Å². The Morgan fingerprint density at radius 2 is 2.00 bits per heavy atom. The van der Waals surface area contributed by atoms with Crippen LogP contribution in [0.15, 0.2) is 10.6 Å². The Balaban J connectivity index is 1.50. The van der Waals surface area contributed by atoms with Crippen molar-refractivity contribution in [3.05, 3.63) is 40.0 Å². The van der Waals surface area contributed by atoms with Gasteiger partial charge in [0.2, 0.25) is 0 Å². The highest BCUT2D eigenvalue weighted by Gasteiger charge is 2.34. The fourth-order valence-corrected chi connectivity index (χ4v) is 3.73. The number of hydrogen-bond donors (Lipinski definition) is 1. The zero-order valence-corrected chi connectivity index (χ0v) is 15.9. The Morgan fingerprint density at radius 1 is 1.26 bits per heavy atom. The van der Waals surface area contributed by atoms with E-state index in [0.29, 0.717) is 29.7 Å². The Bertz CT molecular complexity index is 1060. The third-order valence-corrected chi connectivity index (χ3v) is 5.78. The molecule has 3 aromatic rings. The molecule has 27 heavy (non-hydrogen) atoms. The number of pyridine rings is 1. The molecule has 0 spiro atoms. The molecule has 0 atom stereocenters. The highest BCUT2D eigenvalue weighted by atomic mass is 16.5. The van der Waals surface area contributed by atoms with E-state index in [0.717, 1.165) is 59.4 Å². The minimum Gasteiger partial charge on any atom is -0.348 e. The fourth-order valence-electron chi connectivity index (χ4n) is 3.73. The van der Waals surface area contributed by atoms with Crippen LogP contribution in [0.3, 0.4) is 0 Å². The molecule has 2 aliphatic rings. The molecule has 140 valence electrons. The van der Waals surface area contributed by atoms with Gasteiger partial charge in [-0.2, -0.15) is 5.10 Å². The van der Waals surface area contributed by atoms with Gasteiger partial charge >= 0.3 is 0 Å². The second-order valence-corrected chi connectivity index (χ2v) is 7.85. The van der Waals surface area contributed by atoms with Crippen molar-refractivity contribution in [2.45, 2.75) is 57.9 Å². The average Bonchev–Trinajstić information content (AvgIpc) is 3.57. The highest BCUT2D eigenvalue weighted by molar-refractivity contribution is 6.06. The summed E-state index contributed by atoms with van der Waals surface area (Å²) in [6.07, 6.45) is 4.44. The van der Waals surface area contributed by atoms with Crippen molar-refractivity contribution in [1.29, 1.82) is 0 Å². The van der Waals surface area contributed by atoms with E-state index in [1.807, 2.05) is 31.6 Å². The van der Waals surface area contributed by atoms with Gasteiger partial charge in [0.15, 0.2) is 0 Å². The lowest BCUT2D eigenvalue weighted by molar-refractivity contribution is 0.0952. The summed E-state index contributed by atoms with van der Waals surface area (Å²) in [7, 11) is 1.92. The fraction of sp³-hybridized carbons (Fsp3) is 0.500. The van der Waals surface area contributed by atoms with Gasteiger partial charge in [0, 0.05) is 42.4 Å². The van der Waals surface area contributed by atoms with Crippen molar-refractivity contribution in [3.63, 3.8) is 0 Å². The Labute approximate surface area is 157 Å². The number of carbonyl (C=O) groups excluding carboxylic acids is 1. The number of aryl methyl sites for hydroxylation is 2. The van der Waals surface area contributed by atoms with E-state index >= 15 is 0 Å².